The number of hydrogen-bond donors (Lipinski definition) is 1. The van der Waals surface area contributed by atoms with Crippen molar-refractivity contribution in [2.75, 3.05) is 31.1 Å². The molecule has 10 heteroatoms. The number of anilines is 1. The van der Waals surface area contributed by atoms with Gasteiger partial charge in [0.15, 0.2) is 11.2 Å². The Morgan fingerprint density at radius 2 is 1.96 bits per heavy atom. The largest absolute Gasteiger partial charge is 0.447 e. The van der Waals surface area contributed by atoms with Crippen LogP contribution < -0.4 is 16.1 Å². The van der Waals surface area contributed by atoms with E-state index in [1.54, 1.807) is 23.6 Å². The number of carbonyl (C=O) groups excluding carboxylic acids is 1. The first kappa shape index (κ1) is 13.9. The molecule has 4 heterocycles. The Morgan fingerprint density at radius 1 is 1.17 bits per heavy atom. The van der Waals surface area contributed by atoms with Gasteiger partial charge in [0.25, 0.3) is 5.56 Å². The van der Waals surface area contributed by atoms with Crippen LogP contribution in [0.15, 0.2) is 9.59 Å². The molecule has 0 aromatic carbocycles. The fourth-order valence-corrected chi connectivity index (χ4v) is 3.25. The van der Waals surface area contributed by atoms with E-state index in [0.717, 1.165) is 0 Å². The summed E-state index contributed by atoms with van der Waals surface area (Å²) in [6.45, 7) is 2.07. The topological polar surface area (TPSA) is 105 Å². The first-order valence-corrected chi connectivity index (χ1v) is 7.31. The number of aromatic amines is 1. The maximum atomic E-state index is 12.1. The van der Waals surface area contributed by atoms with E-state index in [4.69, 9.17) is 4.74 Å². The molecule has 2 aliphatic heterocycles. The standard InChI is InChI=1S/C13H16N6O4/c1-16-8-9(17(2)12(21)15-10(8)20)14-11(16)18-3-4-19-7(5-18)6-23-13(19)22/h7H,3-6H2,1-2H3,(H,15,20,21). The highest BCUT2D eigenvalue weighted by Crippen LogP contribution is 2.23. The van der Waals surface area contributed by atoms with E-state index >= 15 is 0 Å². The number of aromatic nitrogens is 4. The number of rotatable bonds is 1. The van der Waals surface area contributed by atoms with Gasteiger partial charge in [-0.05, 0) is 0 Å². The maximum absolute atomic E-state index is 12.1. The summed E-state index contributed by atoms with van der Waals surface area (Å²) in [5, 5.41) is 0. The lowest BCUT2D eigenvalue weighted by atomic mass is 10.2. The van der Waals surface area contributed by atoms with Crippen LogP contribution in [0.5, 0.6) is 0 Å². The third-order valence-corrected chi connectivity index (χ3v) is 4.51. The zero-order chi connectivity index (χ0) is 16.3. The molecule has 0 spiro atoms. The molecule has 2 saturated heterocycles. The van der Waals surface area contributed by atoms with Gasteiger partial charge in [-0.15, -0.1) is 0 Å². The fourth-order valence-electron chi connectivity index (χ4n) is 3.25. The molecule has 1 amide bonds. The Bertz CT molecular complexity index is 925. The van der Waals surface area contributed by atoms with Crippen LogP contribution in [-0.4, -0.2) is 62.4 Å². The number of ether oxygens (including phenoxy) is 1. The van der Waals surface area contributed by atoms with Gasteiger partial charge in [-0.1, -0.05) is 0 Å². The molecule has 2 aromatic rings. The van der Waals surface area contributed by atoms with Crippen LogP contribution >= 0.6 is 0 Å². The van der Waals surface area contributed by atoms with Crippen LogP contribution in [-0.2, 0) is 18.8 Å². The molecule has 1 unspecified atom stereocenters. The van der Waals surface area contributed by atoms with E-state index in [-0.39, 0.29) is 12.1 Å². The van der Waals surface area contributed by atoms with Crippen molar-refractivity contribution >= 4 is 23.2 Å². The third-order valence-electron chi connectivity index (χ3n) is 4.51. The van der Waals surface area contributed by atoms with E-state index in [0.29, 0.717) is 43.4 Å². The number of amides is 1. The molecular weight excluding hydrogens is 304 g/mol. The van der Waals surface area contributed by atoms with E-state index < -0.39 is 11.2 Å². The predicted octanol–water partition coefficient (Wildman–Crippen LogP) is -1.40. The van der Waals surface area contributed by atoms with Crippen molar-refractivity contribution in [1.82, 2.24) is 24.0 Å². The highest BCUT2D eigenvalue weighted by Gasteiger charge is 2.38. The Morgan fingerprint density at radius 3 is 2.74 bits per heavy atom. The molecule has 4 rings (SSSR count). The van der Waals surface area contributed by atoms with Crippen LogP contribution in [0, 0.1) is 0 Å². The van der Waals surface area contributed by atoms with Crippen LogP contribution in [0.3, 0.4) is 0 Å². The Kier molecular flexibility index (Phi) is 2.77. The van der Waals surface area contributed by atoms with Crippen molar-refractivity contribution in [2.24, 2.45) is 14.1 Å². The fraction of sp³-hybridized carbons (Fsp3) is 0.538. The van der Waals surface area contributed by atoms with Gasteiger partial charge >= 0.3 is 11.8 Å². The molecule has 10 nitrogen and oxygen atoms in total. The number of H-pyrrole nitrogens is 1. The van der Waals surface area contributed by atoms with Crippen LogP contribution in [0.2, 0.25) is 0 Å². The maximum Gasteiger partial charge on any atom is 0.410 e. The SMILES string of the molecule is Cn1c(N2CCN3C(=O)OCC3C2)nc2c1c(=O)[nH]c(=O)n2C. The van der Waals surface area contributed by atoms with Crippen LogP contribution in [0.25, 0.3) is 11.2 Å². The number of hydrogen-bond acceptors (Lipinski definition) is 6. The summed E-state index contributed by atoms with van der Waals surface area (Å²) < 4.78 is 8.06. The number of aryl methyl sites for hydroxylation is 2. The molecular formula is C13H16N6O4. The summed E-state index contributed by atoms with van der Waals surface area (Å²) in [5.41, 5.74) is -0.255. The molecule has 122 valence electrons. The molecule has 2 aromatic heterocycles. The van der Waals surface area contributed by atoms with E-state index in [2.05, 4.69) is 9.97 Å². The van der Waals surface area contributed by atoms with E-state index in [1.165, 1.54) is 4.57 Å². The molecule has 0 radical (unpaired) electrons. The molecule has 0 aliphatic carbocycles. The highest BCUT2D eigenvalue weighted by molar-refractivity contribution is 5.75. The average Bonchev–Trinajstić information content (AvgIpc) is 3.06. The zero-order valence-corrected chi connectivity index (χ0v) is 12.8. The lowest BCUT2D eigenvalue weighted by Gasteiger charge is -2.35. The highest BCUT2D eigenvalue weighted by atomic mass is 16.6. The summed E-state index contributed by atoms with van der Waals surface area (Å²) >= 11 is 0. The number of nitrogens with one attached hydrogen (secondary N) is 1. The van der Waals surface area contributed by atoms with Crippen molar-refractivity contribution in [3.8, 4) is 0 Å². The van der Waals surface area contributed by atoms with Crippen molar-refractivity contribution < 1.29 is 9.53 Å². The second kappa shape index (κ2) is 4.61. The molecule has 23 heavy (non-hydrogen) atoms. The predicted molar refractivity (Wildman–Crippen MR) is 80.6 cm³/mol. The summed E-state index contributed by atoms with van der Waals surface area (Å²) in [6, 6.07) is -0.0156. The number of nitrogens with zero attached hydrogens (tertiary/aromatic N) is 5. The monoisotopic (exact) mass is 320 g/mol. The van der Waals surface area contributed by atoms with E-state index in [1.807, 2.05) is 4.90 Å². The van der Waals surface area contributed by atoms with Crippen LogP contribution in [0.4, 0.5) is 10.7 Å². The van der Waals surface area contributed by atoms with Gasteiger partial charge in [-0.3, -0.25) is 19.2 Å². The minimum Gasteiger partial charge on any atom is -0.447 e. The quantitative estimate of drug-likeness (QED) is 0.693. The lowest BCUT2D eigenvalue weighted by Crippen LogP contribution is -2.52. The number of cyclic esters (lactones) is 1. The first-order valence-electron chi connectivity index (χ1n) is 7.31. The minimum absolute atomic E-state index is 0.0156. The number of imidazole rings is 1. The minimum atomic E-state index is -0.494. The lowest BCUT2D eigenvalue weighted by molar-refractivity contribution is 0.157. The molecule has 1 atom stereocenters. The third kappa shape index (κ3) is 1.87. The van der Waals surface area contributed by atoms with E-state index in [9.17, 15) is 14.4 Å². The number of fused-ring (bicyclic) bond motifs is 2. The normalized spacial score (nSPS) is 21.0. The first-order chi connectivity index (χ1) is 11.0. The van der Waals surface area contributed by atoms with Crippen LogP contribution in [0.1, 0.15) is 0 Å². The van der Waals surface area contributed by atoms with Crippen molar-refractivity contribution in [2.45, 2.75) is 6.04 Å². The molecule has 2 fully saturated rings. The van der Waals surface area contributed by atoms with Gasteiger partial charge in [0, 0.05) is 33.7 Å². The summed E-state index contributed by atoms with van der Waals surface area (Å²) in [4.78, 5) is 45.8. The van der Waals surface area contributed by atoms with Gasteiger partial charge in [0.2, 0.25) is 5.95 Å². The summed E-state index contributed by atoms with van der Waals surface area (Å²) in [5.74, 6) is 0.602. The molecule has 0 bridgehead atoms. The summed E-state index contributed by atoms with van der Waals surface area (Å²) in [6.07, 6.45) is -0.279. The van der Waals surface area contributed by atoms with Crippen molar-refractivity contribution in [1.29, 1.82) is 0 Å². The van der Waals surface area contributed by atoms with Gasteiger partial charge < -0.3 is 14.2 Å². The second-order valence-electron chi connectivity index (χ2n) is 5.83. The molecule has 1 N–H and O–H groups in total. The average molecular weight is 320 g/mol. The van der Waals surface area contributed by atoms with Gasteiger partial charge in [0.1, 0.15) is 6.61 Å². The Labute approximate surface area is 129 Å². The van der Waals surface area contributed by atoms with Gasteiger partial charge in [0.05, 0.1) is 6.04 Å². The molecule has 0 saturated carbocycles. The van der Waals surface area contributed by atoms with Crippen molar-refractivity contribution in [3.63, 3.8) is 0 Å². The summed E-state index contributed by atoms with van der Waals surface area (Å²) in [7, 11) is 3.31. The Hall–Kier alpha value is -2.78. The Balaban J connectivity index is 1.78. The number of piperazine rings is 1. The zero-order valence-electron chi connectivity index (χ0n) is 12.8. The smallest absolute Gasteiger partial charge is 0.410 e. The number of carbonyl (C=O) groups is 1. The van der Waals surface area contributed by atoms with Gasteiger partial charge in [-0.25, -0.2) is 9.59 Å². The van der Waals surface area contributed by atoms with Gasteiger partial charge in [-0.2, -0.15) is 4.98 Å². The van der Waals surface area contributed by atoms with Crippen molar-refractivity contribution in [3.05, 3.63) is 20.8 Å². The molecule has 2 aliphatic rings. The second-order valence-corrected chi connectivity index (χ2v) is 5.83.